The summed E-state index contributed by atoms with van der Waals surface area (Å²) < 4.78 is 12.6. The number of amides is 1. The van der Waals surface area contributed by atoms with Crippen LogP contribution in [0.2, 0.25) is 0 Å². The van der Waals surface area contributed by atoms with Crippen molar-refractivity contribution in [1.82, 2.24) is 4.57 Å². The second kappa shape index (κ2) is 11.4. The van der Waals surface area contributed by atoms with Crippen molar-refractivity contribution in [2.24, 2.45) is 0 Å². The van der Waals surface area contributed by atoms with Crippen LogP contribution >= 0.6 is 0 Å². The fraction of sp³-hybridized carbons (Fsp3) is 0.296. The molecule has 0 aliphatic carbocycles. The number of hydrogen-bond acceptors (Lipinski definition) is 5. The average molecular weight is 463 g/mol. The van der Waals surface area contributed by atoms with E-state index in [4.69, 9.17) is 9.47 Å². The molecule has 0 radical (unpaired) electrons. The van der Waals surface area contributed by atoms with Gasteiger partial charge in [-0.05, 0) is 44.5 Å². The van der Waals surface area contributed by atoms with Crippen molar-refractivity contribution >= 4 is 23.3 Å². The number of anilines is 1. The third-order valence-electron chi connectivity index (χ3n) is 5.60. The lowest BCUT2D eigenvalue weighted by Gasteiger charge is -2.17. The Balaban J connectivity index is 1.66. The molecule has 1 atom stereocenters. The minimum atomic E-state index is -0.675. The summed E-state index contributed by atoms with van der Waals surface area (Å²) in [5, 5.41) is 2.76. The van der Waals surface area contributed by atoms with E-state index in [1.165, 1.54) is 0 Å². The summed E-state index contributed by atoms with van der Waals surface area (Å²) in [5.41, 5.74) is 3.64. The molecule has 3 rings (SSSR count). The van der Waals surface area contributed by atoms with E-state index in [-0.39, 0.29) is 29.7 Å². The van der Waals surface area contributed by atoms with Gasteiger partial charge in [0.05, 0.1) is 30.3 Å². The Labute approximate surface area is 199 Å². The number of nitrogens with one attached hydrogen (secondary N) is 1. The quantitative estimate of drug-likeness (QED) is 0.353. The van der Waals surface area contributed by atoms with E-state index in [2.05, 4.69) is 5.32 Å². The number of nitrogens with zero attached hydrogens (tertiary/aromatic N) is 1. The molecule has 0 saturated heterocycles. The number of hydrogen-bond donors (Lipinski definition) is 1. The Morgan fingerprint density at radius 3 is 2.35 bits per heavy atom. The number of aryl methyl sites for hydroxylation is 1. The highest BCUT2D eigenvalue weighted by atomic mass is 16.5. The summed E-state index contributed by atoms with van der Waals surface area (Å²) in [7, 11) is 1.64. The molecule has 7 nitrogen and oxygen atoms in total. The molecule has 1 aromatic heterocycles. The van der Waals surface area contributed by atoms with Crippen LogP contribution in [0.15, 0.2) is 60.7 Å². The molecule has 3 aromatic rings. The summed E-state index contributed by atoms with van der Waals surface area (Å²) in [4.78, 5) is 38.0. The van der Waals surface area contributed by atoms with Crippen LogP contribution in [0.1, 0.15) is 50.6 Å². The standard InChI is InChI=1S/C27H30N2O5/c1-18-14-23(20(3)29(18)19(2)16-33-4)25(30)17-34-27(32)22-12-8-9-13-24(22)28-26(31)15-21-10-6-5-7-11-21/h5-14,19H,15-17H2,1-4H3,(H,28,31). The van der Waals surface area contributed by atoms with E-state index < -0.39 is 12.6 Å². The Hall–Kier alpha value is -3.71. The molecule has 1 amide bonds. The number of ketones is 1. The van der Waals surface area contributed by atoms with Crippen molar-refractivity contribution in [3.8, 4) is 0 Å². The first kappa shape index (κ1) is 24.9. The van der Waals surface area contributed by atoms with E-state index in [0.717, 1.165) is 17.0 Å². The van der Waals surface area contributed by atoms with Gasteiger partial charge < -0.3 is 19.4 Å². The molecule has 0 aliphatic heterocycles. The predicted octanol–water partition coefficient (Wildman–Crippen LogP) is 4.53. The first-order valence-electron chi connectivity index (χ1n) is 11.1. The third kappa shape index (κ3) is 5.99. The predicted molar refractivity (Wildman–Crippen MR) is 130 cm³/mol. The number of rotatable bonds is 10. The van der Waals surface area contributed by atoms with Crippen LogP contribution in [0.4, 0.5) is 5.69 Å². The molecule has 0 fully saturated rings. The lowest BCUT2D eigenvalue weighted by Crippen LogP contribution is -2.19. The van der Waals surface area contributed by atoms with Crippen molar-refractivity contribution in [2.75, 3.05) is 25.6 Å². The Morgan fingerprint density at radius 2 is 1.65 bits per heavy atom. The second-order valence-corrected chi connectivity index (χ2v) is 8.21. The Bertz CT molecular complexity index is 1170. The average Bonchev–Trinajstić information content (AvgIpc) is 3.12. The number of carbonyl (C=O) groups is 3. The number of esters is 1. The highest BCUT2D eigenvalue weighted by Gasteiger charge is 2.21. The molecule has 0 aliphatic rings. The van der Waals surface area contributed by atoms with E-state index in [9.17, 15) is 14.4 Å². The van der Waals surface area contributed by atoms with E-state index in [1.54, 1.807) is 37.4 Å². The zero-order chi connectivity index (χ0) is 24.7. The molecule has 1 heterocycles. The van der Waals surface area contributed by atoms with Crippen molar-refractivity contribution in [2.45, 2.75) is 33.2 Å². The molecule has 0 spiro atoms. The van der Waals surface area contributed by atoms with Gasteiger partial charge in [-0.2, -0.15) is 0 Å². The number of ether oxygens (including phenoxy) is 2. The number of para-hydroxylation sites is 1. The summed E-state index contributed by atoms with van der Waals surface area (Å²) >= 11 is 0. The highest BCUT2D eigenvalue weighted by Crippen LogP contribution is 2.22. The Morgan fingerprint density at radius 1 is 0.971 bits per heavy atom. The number of aromatic nitrogens is 1. The van der Waals surface area contributed by atoms with Gasteiger partial charge in [0.25, 0.3) is 0 Å². The van der Waals surface area contributed by atoms with E-state index in [1.807, 2.05) is 55.7 Å². The monoisotopic (exact) mass is 462 g/mol. The van der Waals surface area contributed by atoms with Crippen LogP contribution in [0, 0.1) is 13.8 Å². The SMILES string of the molecule is COCC(C)n1c(C)cc(C(=O)COC(=O)c2ccccc2NC(=O)Cc2ccccc2)c1C. The highest BCUT2D eigenvalue weighted by molar-refractivity contribution is 6.04. The van der Waals surface area contributed by atoms with Gasteiger partial charge in [0.15, 0.2) is 6.61 Å². The zero-order valence-electron chi connectivity index (χ0n) is 20.0. The fourth-order valence-electron chi connectivity index (χ4n) is 4.09. The number of benzene rings is 2. The maximum absolute atomic E-state index is 12.8. The smallest absolute Gasteiger partial charge is 0.340 e. The lowest BCUT2D eigenvalue weighted by atomic mass is 10.1. The van der Waals surface area contributed by atoms with Crippen molar-refractivity contribution in [3.63, 3.8) is 0 Å². The van der Waals surface area contributed by atoms with Gasteiger partial charge in [0.2, 0.25) is 11.7 Å². The first-order valence-corrected chi connectivity index (χ1v) is 11.1. The van der Waals surface area contributed by atoms with E-state index in [0.29, 0.717) is 17.9 Å². The number of methoxy groups -OCH3 is 1. The molecular weight excluding hydrogens is 432 g/mol. The molecule has 0 bridgehead atoms. The van der Waals surface area contributed by atoms with Gasteiger partial charge in [0, 0.05) is 24.1 Å². The Kier molecular flexibility index (Phi) is 8.38. The summed E-state index contributed by atoms with van der Waals surface area (Å²) in [6.45, 7) is 5.93. The number of Topliss-reactive ketones (excluding diaryl/α,β-unsaturated/α-hetero) is 1. The van der Waals surface area contributed by atoms with Crippen LogP contribution in [-0.2, 0) is 20.7 Å². The minimum absolute atomic E-state index is 0.0699. The first-order chi connectivity index (χ1) is 16.3. The zero-order valence-corrected chi connectivity index (χ0v) is 20.0. The molecule has 1 unspecified atom stereocenters. The van der Waals surface area contributed by atoms with Gasteiger partial charge in [-0.1, -0.05) is 42.5 Å². The fourth-order valence-corrected chi connectivity index (χ4v) is 4.09. The number of carbonyl (C=O) groups excluding carboxylic acids is 3. The van der Waals surface area contributed by atoms with Crippen molar-refractivity contribution in [1.29, 1.82) is 0 Å². The summed E-state index contributed by atoms with van der Waals surface area (Å²) in [5.74, 6) is -1.21. The van der Waals surface area contributed by atoms with Crippen molar-refractivity contribution < 1.29 is 23.9 Å². The molecule has 178 valence electrons. The lowest BCUT2D eigenvalue weighted by molar-refractivity contribution is -0.115. The molecular formula is C27H30N2O5. The minimum Gasteiger partial charge on any atom is -0.454 e. The van der Waals surface area contributed by atoms with Crippen LogP contribution in [-0.4, -0.2) is 42.6 Å². The third-order valence-corrected chi connectivity index (χ3v) is 5.60. The van der Waals surface area contributed by atoms with Gasteiger partial charge >= 0.3 is 5.97 Å². The van der Waals surface area contributed by atoms with Crippen LogP contribution in [0.25, 0.3) is 0 Å². The molecule has 2 aromatic carbocycles. The van der Waals surface area contributed by atoms with Gasteiger partial charge in [-0.15, -0.1) is 0 Å². The van der Waals surface area contributed by atoms with Gasteiger partial charge in [0.1, 0.15) is 0 Å². The maximum atomic E-state index is 12.8. The molecule has 34 heavy (non-hydrogen) atoms. The van der Waals surface area contributed by atoms with E-state index >= 15 is 0 Å². The topological polar surface area (TPSA) is 86.6 Å². The summed E-state index contributed by atoms with van der Waals surface area (Å²) in [6, 6.07) is 17.8. The van der Waals surface area contributed by atoms with Gasteiger partial charge in [-0.3, -0.25) is 9.59 Å². The molecule has 7 heteroatoms. The van der Waals surface area contributed by atoms with Crippen molar-refractivity contribution in [3.05, 3.63) is 88.7 Å². The molecule has 1 N–H and O–H groups in total. The normalized spacial score (nSPS) is 11.6. The van der Waals surface area contributed by atoms with Crippen LogP contribution in [0.5, 0.6) is 0 Å². The maximum Gasteiger partial charge on any atom is 0.340 e. The van der Waals surface area contributed by atoms with Crippen LogP contribution in [0.3, 0.4) is 0 Å². The largest absolute Gasteiger partial charge is 0.454 e. The molecule has 0 saturated carbocycles. The van der Waals surface area contributed by atoms with Gasteiger partial charge in [-0.25, -0.2) is 4.79 Å². The summed E-state index contributed by atoms with van der Waals surface area (Å²) in [6.07, 6.45) is 0.180. The second-order valence-electron chi connectivity index (χ2n) is 8.21. The van der Waals surface area contributed by atoms with Crippen LogP contribution < -0.4 is 5.32 Å².